The largest absolute Gasteiger partial charge is 0.331 e. The van der Waals surface area contributed by atoms with Crippen molar-refractivity contribution in [1.82, 2.24) is 9.21 Å². The summed E-state index contributed by atoms with van der Waals surface area (Å²) in [5, 5.41) is 0. The quantitative estimate of drug-likeness (QED) is 0.731. The molecule has 1 aromatic rings. The lowest BCUT2D eigenvalue weighted by atomic mass is 9.90. The summed E-state index contributed by atoms with van der Waals surface area (Å²) in [6, 6.07) is 8.57. The van der Waals surface area contributed by atoms with Crippen molar-refractivity contribution in [3.63, 3.8) is 0 Å². The minimum absolute atomic E-state index is 0.0997. The normalized spacial score (nSPS) is 22.1. The van der Waals surface area contributed by atoms with Gasteiger partial charge in [-0.25, -0.2) is 12.7 Å². The van der Waals surface area contributed by atoms with E-state index >= 15 is 0 Å². The van der Waals surface area contributed by atoms with Crippen LogP contribution >= 0.6 is 0 Å². The van der Waals surface area contributed by atoms with Crippen molar-refractivity contribution in [3.05, 3.63) is 35.4 Å². The Balaban J connectivity index is 1.56. The first kappa shape index (κ1) is 19.9. The second-order valence-corrected chi connectivity index (χ2v) is 9.69. The Labute approximate surface area is 162 Å². The molecule has 1 amide bonds. The van der Waals surface area contributed by atoms with Crippen LogP contribution in [-0.4, -0.2) is 56.0 Å². The number of carbonyl (C=O) groups excluding carboxylic acids is 1. The standard InChI is InChI=1S/C21H28N2O3S/c1-17-5-8-19(9-6-17)20-4-3-13-22(16-20)21(24)10-7-18-11-14-23(15-12-18)27(2,25)26/h5-6,8-9,18,20H,3-4,11-16H2,1-2H3. The van der Waals surface area contributed by atoms with Gasteiger partial charge in [0, 0.05) is 38.0 Å². The topological polar surface area (TPSA) is 57.7 Å². The maximum absolute atomic E-state index is 12.5. The van der Waals surface area contributed by atoms with E-state index in [0.717, 1.165) is 25.9 Å². The number of aryl methyl sites for hydroxylation is 1. The van der Waals surface area contributed by atoms with E-state index in [0.29, 0.717) is 31.8 Å². The highest BCUT2D eigenvalue weighted by Crippen LogP contribution is 2.27. The zero-order valence-corrected chi connectivity index (χ0v) is 17.0. The van der Waals surface area contributed by atoms with E-state index in [1.165, 1.54) is 21.7 Å². The van der Waals surface area contributed by atoms with E-state index in [-0.39, 0.29) is 11.8 Å². The number of carbonyl (C=O) groups is 1. The average Bonchev–Trinajstić information content (AvgIpc) is 2.66. The summed E-state index contributed by atoms with van der Waals surface area (Å²) in [5.41, 5.74) is 2.54. The molecule has 2 saturated heterocycles. The van der Waals surface area contributed by atoms with Crippen molar-refractivity contribution in [2.45, 2.75) is 38.5 Å². The van der Waals surface area contributed by atoms with Crippen LogP contribution in [0, 0.1) is 24.7 Å². The average molecular weight is 389 g/mol. The van der Waals surface area contributed by atoms with Crippen molar-refractivity contribution in [3.8, 4) is 11.8 Å². The first-order valence-electron chi connectivity index (χ1n) is 9.65. The minimum Gasteiger partial charge on any atom is -0.331 e. The van der Waals surface area contributed by atoms with Gasteiger partial charge < -0.3 is 4.90 Å². The first-order valence-corrected chi connectivity index (χ1v) is 11.5. The molecule has 1 aromatic carbocycles. The maximum Gasteiger partial charge on any atom is 0.298 e. The molecule has 0 aliphatic carbocycles. The Morgan fingerprint density at radius 1 is 1.07 bits per heavy atom. The van der Waals surface area contributed by atoms with Crippen LogP contribution < -0.4 is 0 Å². The monoisotopic (exact) mass is 388 g/mol. The molecule has 146 valence electrons. The van der Waals surface area contributed by atoms with Gasteiger partial charge in [-0.1, -0.05) is 35.7 Å². The van der Waals surface area contributed by atoms with E-state index in [2.05, 4.69) is 43.0 Å². The molecule has 6 heteroatoms. The third-order valence-corrected chi connectivity index (χ3v) is 6.87. The summed E-state index contributed by atoms with van der Waals surface area (Å²) >= 11 is 0. The lowest BCUT2D eigenvalue weighted by molar-refractivity contribution is -0.126. The van der Waals surface area contributed by atoms with E-state index in [9.17, 15) is 13.2 Å². The van der Waals surface area contributed by atoms with E-state index in [1.807, 2.05) is 4.90 Å². The number of piperidine rings is 2. The molecule has 2 heterocycles. The molecule has 2 aliphatic heterocycles. The zero-order valence-electron chi connectivity index (χ0n) is 16.1. The van der Waals surface area contributed by atoms with Crippen molar-refractivity contribution in [2.75, 3.05) is 32.4 Å². The Hall–Kier alpha value is -1.84. The van der Waals surface area contributed by atoms with Crippen LogP contribution in [0.2, 0.25) is 0 Å². The van der Waals surface area contributed by atoms with Gasteiger partial charge >= 0.3 is 0 Å². The molecule has 0 saturated carbocycles. The second-order valence-electron chi connectivity index (χ2n) is 7.71. The van der Waals surface area contributed by atoms with Crippen LogP contribution in [0.15, 0.2) is 24.3 Å². The summed E-state index contributed by atoms with van der Waals surface area (Å²) in [6.45, 7) is 4.55. The van der Waals surface area contributed by atoms with Crippen LogP contribution in [0.4, 0.5) is 0 Å². The summed E-state index contributed by atoms with van der Waals surface area (Å²) in [4.78, 5) is 14.4. The number of amides is 1. The Morgan fingerprint density at radius 3 is 2.37 bits per heavy atom. The van der Waals surface area contributed by atoms with Crippen molar-refractivity contribution < 1.29 is 13.2 Å². The SMILES string of the molecule is Cc1ccc(C2CCCN(C(=O)C#CC3CCN(S(C)(=O)=O)CC3)C2)cc1. The molecule has 0 aromatic heterocycles. The fourth-order valence-corrected chi connectivity index (χ4v) is 4.72. The number of hydrogen-bond donors (Lipinski definition) is 0. The highest BCUT2D eigenvalue weighted by atomic mass is 32.2. The van der Waals surface area contributed by atoms with Gasteiger partial charge in [-0.15, -0.1) is 0 Å². The fraction of sp³-hybridized carbons (Fsp3) is 0.571. The van der Waals surface area contributed by atoms with Crippen LogP contribution in [0.1, 0.15) is 42.7 Å². The molecule has 0 radical (unpaired) electrons. The van der Waals surface area contributed by atoms with Crippen molar-refractivity contribution in [2.24, 2.45) is 5.92 Å². The molecule has 0 spiro atoms. The van der Waals surface area contributed by atoms with E-state index in [4.69, 9.17) is 0 Å². The third kappa shape index (κ3) is 5.33. The van der Waals surface area contributed by atoms with Gasteiger partial charge in [-0.3, -0.25) is 4.79 Å². The third-order valence-electron chi connectivity index (χ3n) is 5.56. The number of likely N-dealkylation sites (tertiary alicyclic amines) is 1. The molecule has 3 rings (SSSR count). The molecule has 2 fully saturated rings. The molecule has 5 nitrogen and oxygen atoms in total. The van der Waals surface area contributed by atoms with Crippen LogP contribution in [0.25, 0.3) is 0 Å². The van der Waals surface area contributed by atoms with Gasteiger partial charge in [0.15, 0.2) is 0 Å². The minimum atomic E-state index is -3.12. The summed E-state index contributed by atoms with van der Waals surface area (Å²) < 4.78 is 24.6. The maximum atomic E-state index is 12.5. The lowest BCUT2D eigenvalue weighted by Crippen LogP contribution is -2.39. The summed E-state index contributed by atoms with van der Waals surface area (Å²) in [7, 11) is -3.12. The number of nitrogens with zero attached hydrogens (tertiary/aromatic N) is 2. The summed E-state index contributed by atoms with van der Waals surface area (Å²) in [5.74, 6) is 6.30. The van der Waals surface area contributed by atoms with Gasteiger partial charge in [0.1, 0.15) is 0 Å². The lowest BCUT2D eigenvalue weighted by Gasteiger charge is -2.32. The van der Waals surface area contributed by atoms with Gasteiger partial charge in [-0.05, 0) is 44.1 Å². The van der Waals surface area contributed by atoms with Gasteiger partial charge in [0.2, 0.25) is 10.0 Å². The molecule has 0 N–H and O–H groups in total. The first-order chi connectivity index (χ1) is 12.8. The molecular weight excluding hydrogens is 360 g/mol. The molecule has 0 bridgehead atoms. The fourth-order valence-electron chi connectivity index (χ4n) is 3.85. The predicted octanol–water partition coefficient (Wildman–Crippen LogP) is 2.38. The predicted molar refractivity (Wildman–Crippen MR) is 107 cm³/mol. The Morgan fingerprint density at radius 2 is 1.74 bits per heavy atom. The molecular formula is C21H28N2O3S. The smallest absolute Gasteiger partial charge is 0.298 e. The number of sulfonamides is 1. The van der Waals surface area contributed by atoms with Gasteiger partial charge in [0.05, 0.1) is 6.26 Å². The van der Waals surface area contributed by atoms with E-state index < -0.39 is 10.0 Å². The van der Waals surface area contributed by atoms with Crippen LogP contribution in [0.3, 0.4) is 0 Å². The number of rotatable bonds is 2. The van der Waals surface area contributed by atoms with Crippen LogP contribution in [0.5, 0.6) is 0 Å². The van der Waals surface area contributed by atoms with E-state index in [1.54, 1.807) is 0 Å². The molecule has 2 aliphatic rings. The number of hydrogen-bond acceptors (Lipinski definition) is 3. The molecule has 1 unspecified atom stereocenters. The highest BCUT2D eigenvalue weighted by molar-refractivity contribution is 7.88. The Kier molecular flexibility index (Phi) is 6.23. The second kappa shape index (κ2) is 8.45. The highest BCUT2D eigenvalue weighted by Gasteiger charge is 2.25. The van der Waals surface area contributed by atoms with Crippen LogP contribution in [-0.2, 0) is 14.8 Å². The zero-order chi connectivity index (χ0) is 19.4. The Bertz CT molecular complexity index is 828. The van der Waals surface area contributed by atoms with Crippen molar-refractivity contribution in [1.29, 1.82) is 0 Å². The van der Waals surface area contributed by atoms with Gasteiger partial charge in [0.25, 0.3) is 5.91 Å². The number of benzene rings is 1. The van der Waals surface area contributed by atoms with Crippen molar-refractivity contribution >= 4 is 15.9 Å². The van der Waals surface area contributed by atoms with Gasteiger partial charge in [-0.2, -0.15) is 0 Å². The molecule has 27 heavy (non-hydrogen) atoms. The molecule has 1 atom stereocenters. The summed E-state index contributed by atoms with van der Waals surface area (Å²) in [6.07, 6.45) is 4.73.